The molecule has 0 fully saturated rings. The van der Waals surface area contributed by atoms with Crippen LogP contribution in [-0.4, -0.2) is 21.0 Å². The predicted molar refractivity (Wildman–Crippen MR) is 86.8 cm³/mol. The lowest BCUT2D eigenvalue weighted by Gasteiger charge is -2.21. The molecular weight excluding hydrogens is 300 g/mol. The summed E-state index contributed by atoms with van der Waals surface area (Å²) in [5, 5.41) is 5.08. The Bertz CT molecular complexity index is 864. The van der Waals surface area contributed by atoms with Gasteiger partial charge in [0.1, 0.15) is 11.4 Å². The average molecular weight is 313 g/mol. The fourth-order valence-corrected chi connectivity index (χ4v) is 2.86. The number of hydrogen-bond donors (Lipinski definition) is 2. The Morgan fingerprint density at radius 2 is 2.32 bits per heavy atom. The quantitative estimate of drug-likeness (QED) is 0.766. The smallest absolute Gasteiger partial charge is 0.181 e. The summed E-state index contributed by atoms with van der Waals surface area (Å²) in [5.74, 6) is 0.795. The number of halogens is 1. The van der Waals surface area contributed by atoms with Gasteiger partial charge in [-0.05, 0) is 18.1 Å². The summed E-state index contributed by atoms with van der Waals surface area (Å²) in [5.41, 5.74) is 2.81. The molecule has 3 heterocycles. The van der Waals surface area contributed by atoms with Gasteiger partial charge in [0.15, 0.2) is 6.39 Å². The largest absolute Gasteiger partial charge is 0.444 e. The predicted octanol–water partition coefficient (Wildman–Crippen LogP) is 4.03. The molecule has 1 aliphatic carbocycles. The molecule has 6 heteroatoms. The van der Waals surface area contributed by atoms with Gasteiger partial charge in [-0.2, -0.15) is 0 Å². The van der Waals surface area contributed by atoms with E-state index in [1.54, 1.807) is 12.4 Å². The van der Waals surface area contributed by atoms with Gasteiger partial charge < -0.3 is 14.7 Å². The zero-order valence-electron chi connectivity index (χ0n) is 11.6. The highest BCUT2D eigenvalue weighted by Gasteiger charge is 2.17. The Balaban J connectivity index is 1.61. The van der Waals surface area contributed by atoms with E-state index in [9.17, 15) is 0 Å². The van der Waals surface area contributed by atoms with Gasteiger partial charge in [-0.1, -0.05) is 29.8 Å². The van der Waals surface area contributed by atoms with E-state index >= 15 is 0 Å². The van der Waals surface area contributed by atoms with Gasteiger partial charge in [0.25, 0.3) is 0 Å². The van der Waals surface area contributed by atoms with E-state index in [0.717, 1.165) is 34.5 Å². The number of rotatable bonds is 3. The second-order valence-corrected chi connectivity index (χ2v) is 5.53. The molecule has 1 unspecified atom stereocenters. The van der Waals surface area contributed by atoms with E-state index < -0.39 is 0 Å². The highest BCUT2D eigenvalue weighted by Crippen LogP contribution is 2.32. The molecule has 3 aromatic rings. The van der Waals surface area contributed by atoms with Crippen LogP contribution >= 0.6 is 11.6 Å². The van der Waals surface area contributed by atoms with Gasteiger partial charge in [-0.25, -0.2) is 9.97 Å². The van der Waals surface area contributed by atoms with Crippen LogP contribution in [0.2, 0.25) is 5.02 Å². The van der Waals surface area contributed by atoms with Crippen LogP contribution in [0.3, 0.4) is 0 Å². The number of nitrogens with zero attached hydrogens (tertiary/aromatic N) is 2. The van der Waals surface area contributed by atoms with Gasteiger partial charge in [-0.3, -0.25) is 0 Å². The first-order valence-corrected chi connectivity index (χ1v) is 7.33. The van der Waals surface area contributed by atoms with Crippen molar-refractivity contribution in [2.45, 2.75) is 12.5 Å². The number of aromatic amines is 1. The SMILES string of the molecule is Clc1cnc2[nH]ccc2c1NC1C=CC=C(c2cnco2)C1. The zero-order valence-corrected chi connectivity index (χ0v) is 12.3. The molecule has 0 saturated carbocycles. The fraction of sp³-hybridized carbons (Fsp3) is 0.125. The minimum atomic E-state index is 0.128. The van der Waals surface area contributed by atoms with Crippen molar-refractivity contribution in [1.29, 1.82) is 0 Å². The van der Waals surface area contributed by atoms with Crippen molar-refractivity contribution in [3.8, 4) is 0 Å². The molecule has 3 aromatic heterocycles. The Morgan fingerprint density at radius 3 is 3.18 bits per heavy atom. The van der Waals surface area contributed by atoms with Gasteiger partial charge >= 0.3 is 0 Å². The van der Waals surface area contributed by atoms with Crippen LogP contribution in [0.5, 0.6) is 0 Å². The van der Waals surface area contributed by atoms with E-state index in [1.807, 2.05) is 24.4 Å². The first kappa shape index (κ1) is 13.2. The molecule has 4 rings (SSSR count). The Labute approximate surface area is 131 Å². The van der Waals surface area contributed by atoms with Crippen LogP contribution in [-0.2, 0) is 0 Å². The Morgan fingerprint density at radius 1 is 1.36 bits per heavy atom. The van der Waals surface area contributed by atoms with Gasteiger partial charge in [0.2, 0.25) is 0 Å². The van der Waals surface area contributed by atoms with Crippen LogP contribution < -0.4 is 5.32 Å². The van der Waals surface area contributed by atoms with Crippen molar-refractivity contribution in [1.82, 2.24) is 15.0 Å². The third-order valence-electron chi connectivity index (χ3n) is 3.70. The molecule has 0 aliphatic heterocycles. The lowest BCUT2D eigenvalue weighted by molar-refractivity contribution is 0.541. The molecule has 1 atom stereocenters. The maximum Gasteiger partial charge on any atom is 0.181 e. The lowest BCUT2D eigenvalue weighted by Crippen LogP contribution is -2.19. The standard InChI is InChI=1S/C16H13ClN4O/c17-13-7-20-16-12(4-5-19-16)15(13)21-11-3-1-2-10(6-11)14-8-18-9-22-14/h1-5,7-9,11H,6H2,(H2,19,20,21). The second-order valence-electron chi connectivity index (χ2n) is 5.12. The fourth-order valence-electron chi connectivity index (χ4n) is 2.65. The van der Waals surface area contributed by atoms with Crippen molar-refractivity contribution in [2.24, 2.45) is 0 Å². The molecule has 1 aliphatic rings. The molecule has 0 aromatic carbocycles. The van der Waals surface area contributed by atoms with E-state index in [1.165, 1.54) is 6.39 Å². The summed E-state index contributed by atoms with van der Waals surface area (Å²) in [4.78, 5) is 11.3. The van der Waals surface area contributed by atoms with Crippen molar-refractivity contribution in [2.75, 3.05) is 5.32 Å². The summed E-state index contributed by atoms with van der Waals surface area (Å²) in [6.45, 7) is 0. The van der Waals surface area contributed by atoms with E-state index in [2.05, 4.69) is 26.3 Å². The third kappa shape index (κ3) is 2.29. The molecule has 0 bridgehead atoms. The average Bonchev–Trinajstić information content (AvgIpc) is 3.21. The van der Waals surface area contributed by atoms with E-state index in [-0.39, 0.29) is 6.04 Å². The molecule has 2 N–H and O–H groups in total. The van der Waals surface area contributed by atoms with Crippen molar-refractivity contribution in [3.05, 3.63) is 60.1 Å². The molecule has 110 valence electrons. The molecule has 0 spiro atoms. The molecule has 0 saturated heterocycles. The summed E-state index contributed by atoms with van der Waals surface area (Å²) in [6, 6.07) is 2.10. The van der Waals surface area contributed by atoms with Gasteiger partial charge in [0, 0.05) is 17.6 Å². The Kier molecular flexibility index (Phi) is 3.20. The van der Waals surface area contributed by atoms with Crippen LogP contribution in [0.15, 0.2) is 53.7 Å². The summed E-state index contributed by atoms with van der Waals surface area (Å²) < 4.78 is 5.37. The topological polar surface area (TPSA) is 66.7 Å². The Hall–Kier alpha value is -2.53. The number of oxazole rings is 1. The number of anilines is 1. The molecule has 0 radical (unpaired) electrons. The summed E-state index contributed by atoms with van der Waals surface area (Å²) >= 11 is 6.31. The molecule has 22 heavy (non-hydrogen) atoms. The van der Waals surface area contributed by atoms with Gasteiger partial charge in [-0.15, -0.1) is 0 Å². The number of allylic oxidation sites excluding steroid dienone is 2. The summed E-state index contributed by atoms with van der Waals surface area (Å²) in [7, 11) is 0. The normalized spacial score (nSPS) is 17.7. The number of aromatic nitrogens is 3. The van der Waals surface area contributed by atoms with Crippen LogP contribution in [0.4, 0.5) is 5.69 Å². The van der Waals surface area contributed by atoms with E-state index in [0.29, 0.717) is 5.02 Å². The number of H-pyrrole nitrogens is 1. The third-order valence-corrected chi connectivity index (χ3v) is 3.99. The monoisotopic (exact) mass is 312 g/mol. The van der Waals surface area contributed by atoms with Crippen LogP contribution in [0.25, 0.3) is 16.6 Å². The first-order valence-electron chi connectivity index (χ1n) is 6.95. The van der Waals surface area contributed by atoms with Crippen molar-refractivity contribution < 1.29 is 4.42 Å². The molecular formula is C16H13ClN4O. The first-order chi connectivity index (χ1) is 10.8. The van der Waals surface area contributed by atoms with Crippen molar-refractivity contribution in [3.63, 3.8) is 0 Å². The minimum Gasteiger partial charge on any atom is -0.444 e. The van der Waals surface area contributed by atoms with Crippen LogP contribution in [0, 0.1) is 0 Å². The van der Waals surface area contributed by atoms with Crippen LogP contribution in [0.1, 0.15) is 12.2 Å². The molecule has 0 amide bonds. The molecule has 5 nitrogen and oxygen atoms in total. The zero-order chi connectivity index (χ0) is 14.9. The number of nitrogens with one attached hydrogen (secondary N) is 2. The minimum absolute atomic E-state index is 0.128. The number of hydrogen-bond acceptors (Lipinski definition) is 4. The highest BCUT2D eigenvalue weighted by molar-refractivity contribution is 6.34. The number of pyridine rings is 1. The maximum atomic E-state index is 6.31. The van der Waals surface area contributed by atoms with E-state index in [4.69, 9.17) is 16.0 Å². The lowest BCUT2D eigenvalue weighted by atomic mass is 9.98. The van der Waals surface area contributed by atoms with Crippen molar-refractivity contribution >= 4 is 33.9 Å². The maximum absolute atomic E-state index is 6.31. The second kappa shape index (κ2) is 5.35. The highest BCUT2D eigenvalue weighted by atomic mass is 35.5. The van der Waals surface area contributed by atoms with Gasteiger partial charge in [0.05, 0.1) is 23.1 Å². The number of fused-ring (bicyclic) bond motifs is 1. The summed E-state index contributed by atoms with van der Waals surface area (Å²) in [6.07, 6.45) is 13.6.